The van der Waals surface area contributed by atoms with Crippen molar-refractivity contribution in [1.82, 2.24) is 20.7 Å². The highest BCUT2D eigenvalue weighted by Gasteiger charge is 2.55. The molecule has 0 saturated heterocycles. The molecule has 2 fully saturated rings. The van der Waals surface area contributed by atoms with Gasteiger partial charge in [-0.25, -0.2) is 4.79 Å². The third-order valence-corrected chi connectivity index (χ3v) is 6.72. The number of fused-ring (bicyclic) bond motifs is 1. The van der Waals surface area contributed by atoms with Gasteiger partial charge < -0.3 is 15.4 Å². The van der Waals surface area contributed by atoms with Crippen LogP contribution < -0.4 is 10.6 Å². The van der Waals surface area contributed by atoms with E-state index in [1.54, 1.807) is 24.3 Å². The van der Waals surface area contributed by atoms with Crippen molar-refractivity contribution in [3.63, 3.8) is 0 Å². The lowest BCUT2D eigenvalue weighted by atomic mass is 9.50. The number of alkyl carbamates (subject to hydrolysis) is 1. The van der Waals surface area contributed by atoms with Crippen molar-refractivity contribution in [2.24, 2.45) is 11.3 Å². The van der Waals surface area contributed by atoms with Gasteiger partial charge in [0.2, 0.25) is 5.91 Å². The maximum Gasteiger partial charge on any atom is 0.407 e. The molecule has 3 N–H and O–H groups in total. The number of carbonyl (C=O) groups is 2. The van der Waals surface area contributed by atoms with E-state index in [-0.39, 0.29) is 37.3 Å². The third-order valence-electron chi connectivity index (χ3n) is 6.29. The first-order chi connectivity index (χ1) is 15.4. The van der Waals surface area contributed by atoms with Crippen molar-refractivity contribution in [2.75, 3.05) is 5.32 Å². The minimum atomic E-state index is -0.460. The molecule has 0 unspecified atom stereocenters. The molecule has 5 rings (SSSR count). The number of aromatic amines is 1. The molecule has 2 aliphatic rings. The number of hydrogen-bond acceptors (Lipinski definition) is 5. The van der Waals surface area contributed by atoms with Crippen LogP contribution in [-0.4, -0.2) is 33.5 Å². The van der Waals surface area contributed by atoms with Crippen LogP contribution >= 0.6 is 23.2 Å². The molecule has 1 heterocycles. The van der Waals surface area contributed by atoms with E-state index >= 15 is 0 Å². The van der Waals surface area contributed by atoms with Gasteiger partial charge in [0.25, 0.3) is 0 Å². The standard InChI is InChI=1S/C22H21Cl2N5O3.CH4/c23-14-3-12(4-15(24)5-14)11-32-21(31)26-17-9-22(10-17)7-13(8-22)20(30)25-16-1-2-18-19(6-16)28-29-27-18;/h1-6,13,17H,7-11H2,(H,25,30)(H,26,31)(H,27,28,29);1H4. The highest BCUT2D eigenvalue weighted by Crippen LogP contribution is 2.58. The maximum atomic E-state index is 12.6. The van der Waals surface area contributed by atoms with E-state index in [9.17, 15) is 9.59 Å². The number of nitrogens with zero attached hydrogens (tertiary/aromatic N) is 2. The fraction of sp³-hybridized carbons (Fsp3) is 0.391. The van der Waals surface area contributed by atoms with E-state index in [0.29, 0.717) is 21.2 Å². The Morgan fingerprint density at radius 3 is 2.45 bits per heavy atom. The van der Waals surface area contributed by atoms with Crippen LogP contribution in [0, 0.1) is 11.3 Å². The first kappa shape index (κ1) is 23.3. The molecule has 0 radical (unpaired) electrons. The molecule has 2 saturated carbocycles. The fourth-order valence-electron chi connectivity index (χ4n) is 4.81. The number of aromatic nitrogens is 3. The Morgan fingerprint density at radius 2 is 1.73 bits per heavy atom. The van der Waals surface area contributed by atoms with E-state index in [2.05, 4.69) is 26.0 Å². The van der Waals surface area contributed by atoms with E-state index in [4.69, 9.17) is 27.9 Å². The summed E-state index contributed by atoms with van der Waals surface area (Å²) in [5, 5.41) is 17.5. The Hall–Kier alpha value is -2.84. The van der Waals surface area contributed by atoms with Gasteiger partial charge in [-0.3, -0.25) is 4.79 Å². The summed E-state index contributed by atoms with van der Waals surface area (Å²) in [6.07, 6.45) is 2.93. The Balaban J connectivity index is 0.00000259. The van der Waals surface area contributed by atoms with Gasteiger partial charge in [-0.15, -0.1) is 0 Å². The Morgan fingerprint density at radius 1 is 1.03 bits per heavy atom. The van der Waals surface area contributed by atoms with Crippen LogP contribution in [0.4, 0.5) is 10.5 Å². The minimum Gasteiger partial charge on any atom is -0.445 e. The van der Waals surface area contributed by atoms with Crippen molar-refractivity contribution < 1.29 is 14.3 Å². The second-order valence-electron chi connectivity index (χ2n) is 8.72. The lowest BCUT2D eigenvalue weighted by Gasteiger charge is -2.57. The number of ether oxygens (including phenoxy) is 1. The number of rotatable bonds is 5. The molecule has 3 aromatic rings. The smallest absolute Gasteiger partial charge is 0.407 e. The molecule has 174 valence electrons. The molecule has 2 amide bonds. The first-order valence-electron chi connectivity index (χ1n) is 10.4. The quantitative estimate of drug-likeness (QED) is 0.448. The summed E-state index contributed by atoms with van der Waals surface area (Å²) in [7, 11) is 0. The molecule has 0 bridgehead atoms. The zero-order chi connectivity index (χ0) is 22.3. The number of anilines is 1. The second kappa shape index (κ2) is 9.19. The number of hydrogen-bond donors (Lipinski definition) is 3. The van der Waals surface area contributed by atoms with Crippen LogP contribution in [-0.2, 0) is 16.1 Å². The summed E-state index contributed by atoms with van der Waals surface area (Å²) >= 11 is 11.9. The predicted octanol–water partition coefficient (Wildman–Crippen LogP) is 5.32. The van der Waals surface area contributed by atoms with Crippen LogP contribution in [0.3, 0.4) is 0 Å². The number of halogens is 2. The van der Waals surface area contributed by atoms with Crippen molar-refractivity contribution >= 4 is 51.9 Å². The van der Waals surface area contributed by atoms with Crippen LogP contribution in [0.2, 0.25) is 10.0 Å². The topological polar surface area (TPSA) is 109 Å². The molecule has 1 spiro atoms. The number of amides is 2. The first-order valence-corrected chi connectivity index (χ1v) is 11.1. The monoisotopic (exact) mass is 489 g/mol. The van der Waals surface area contributed by atoms with E-state index in [1.807, 2.05) is 12.1 Å². The largest absolute Gasteiger partial charge is 0.445 e. The molecule has 2 aliphatic carbocycles. The van der Waals surface area contributed by atoms with Gasteiger partial charge >= 0.3 is 6.09 Å². The number of nitrogens with one attached hydrogen (secondary N) is 3. The lowest BCUT2D eigenvalue weighted by molar-refractivity contribution is -0.133. The molecule has 0 aliphatic heterocycles. The van der Waals surface area contributed by atoms with Gasteiger partial charge in [-0.1, -0.05) is 30.6 Å². The van der Waals surface area contributed by atoms with Gasteiger partial charge in [0.15, 0.2) is 0 Å². The number of benzene rings is 2. The third kappa shape index (κ3) is 5.07. The molecule has 0 atom stereocenters. The summed E-state index contributed by atoms with van der Waals surface area (Å²) in [5.74, 6) is 0.0120. The second-order valence-corrected chi connectivity index (χ2v) is 9.60. The molecular formula is C23H25Cl2N5O3. The van der Waals surface area contributed by atoms with Crippen molar-refractivity contribution in [3.05, 3.63) is 52.0 Å². The SMILES string of the molecule is C.O=C(NC1CC2(C1)CC(C(=O)Nc1ccc3n[nH]nc3c1)C2)OCc1cc(Cl)cc(Cl)c1. The Bertz CT molecular complexity index is 1160. The van der Waals surface area contributed by atoms with Crippen LogP contribution in [0.1, 0.15) is 38.7 Å². The minimum absolute atomic E-state index is 0. The lowest BCUT2D eigenvalue weighted by Crippen LogP contribution is -2.57. The summed E-state index contributed by atoms with van der Waals surface area (Å²) in [6, 6.07) is 10.6. The average Bonchev–Trinajstić information content (AvgIpc) is 3.14. The maximum absolute atomic E-state index is 12.6. The van der Waals surface area contributed by atoms with Crippen LogP contribution in [0.5, 0.6) is 0 Å². The van der Waals surface area contributed by atoms with Crippen LogP contribution in [0.15, 0.2) is 36.4 Å². The van der Waals surface area contributed by atoms with E-state index in [0.717, 1.165) is 36.8 Å². The summed E-state index contributed by atoms with van der Waals surface area (Å²) in [5.41, 5.74) is 3.07. The van der Waals surface area contributed by atoms with Gasteiger partial charge in [-0.05, 0) is 73.1 Å². The van der Waals surface area contributed by atoms with Crippen molar-refractivity contribution in [3.8, 4) is 0 Å². The highest BCUT2D eigenvalue weighted by atomic mass is 35.5. The van der Waals surface area contributed by atoms with E-state index < -0.39 is 6.09 Å². The average molecular weight is 490 g/mol. The van der Waals surface area contributed by atoms with Gasteiger partial charge in [0.1, 0.15) is 17.6 Å². The van der Waals surface area contributed by atoms with Gasteiger partial charge in [-0.2, -0.15) is 15.4 Å². The Labute approximate surface area is 201 Å². The molecule has 8 nitrogen and oxygen atoms in total. The summed E-state index contributed by atoms with van der Waals surface area (Å²) < 4.78 is 5.27. The molecule has 1 aromatic heterocycles. The molecule has 33 heavy (non-hydrogen) atoms. The molecular weight excluding hydrogens is 465 g/mol. The number of H-pyrrole nitrogens is 1. The van der Waals surface area contributed by atoms with Gasteiger partial charge in [0, 0.05) is 27.7 Å². The van der Waals surface area contributed by atoms with Crippen LogP contribution in [0.25, 0.3) is 11.0 Å². The molecule has 2 aromatic carbocycles. The van der Waals surface area contributed by atoms with Crippen molar-refractivity contribution in [1.29, 1.82) is 0 Å². The zero-order valence-electron chi connectivity index (χ0n) is 17.0. The normalized spacial score (nSPS) is 23.2. The highest BCUT2D eigenvalue weighted by molar-refractivity contribution is 6.34. The van der Waals surface area contributed by atoms with Gasteiger partial charge in [0.05, 0.1) is 0 Å². The summed E-state index contributed by atoms with van der Waals surface area (Å²) in [4.78, 5) is 24.6. The fourth-order valence-corrected chi connectivity index (χ4v) is 5.38. The predicted molar refractivity (Wildman–Crippen MR) is 127 cm³/mol. The van der Waals surface area contributed by atoms with Crippen molar-refractivity contribution in [2.45, 2.75) is 45.8 Å². The van der Waals surface area contributed by atoms with E-state index in [1.165, 1.54) is 0 Å². The zero-order valence-corrected chi connectivity index (χ0v) is 18.5. The number of carbonyl (C=O) groups excluding carboxylic acids is 2. The molecule has 10 heteroatoms. The Kier molecular flexibility index (Phi) is 6.50. The summed E-state index contributed by atoms with van der Waals surface area (Å²) in [6.45, 7) is 0.104.